The standard InChI is InChI=1S/C15H19ClN2O3/c1-20-8-10-13(9-6-7-21-14(9)10)18-15(19)17-12-5-3-2-4-11(12)16/h2-5,9-10,13-14H,6-8H2,1H3,(H2,17,18,19). The molecular weight excluding hydrogens is 292 g/mol. The highest BCUT2D eigenvalue weighted by molar-refractivity contribution is 6.33. The number of halogens is 1. The van der Waals surface area contributed by atoms with Gasteiger partial charge in [0.05, 0.1) is 23.4 Å². The van der Waals surface area contributed by atoms with Gasteiger partial charge in [0.1, 0.15) is 0 Å². The maximum atomic E-state index is 12.1. The summed E-state index contributed by atoms with van der Waals surface area (Å²) in [6, 6.07) is 7.04. The van der Waals surface area contributed by atoms with Crippen LogP contribution in [-0.2, 0) is 9.47 Å². The summed E-state index contributed by atoms with van der Waals surface area (Å²) < 4.78 is 10.9. The molecule has 1 aliphatic heterocycles. The Labute approximate surface area is 128 Å². The molecule has 5 nitrogen and oxygen atoms in total. The van der Waals surface area contributed by atoms with Crippen LogP contribution in [0.3, 0.4) is 0 Å². The number of rotatable bonds is 4. The van der Waals surface area contributed by atoms with Crippen LogP contribution in [0.1, 0.15) is 6.42 Å². The molecule has 1 saturated heterocycles. The quantitative estimate of drug-likeness (QED) is 0.898. The van der Waals surface area contributed by atoms with Crippen LogP contribution in [0.15, 0.2) is 24.3 Å². The van der Waals surface area contributed by atoms with Crippen LogP contribution in [0.4, 0.5) is 10.5 Å². The Kier molecular flexibility index (Phi) is 4.33. The lowest BCUT2D eigenvalue weighted by Gasteiger charge is -2.47. The van der Waals surface area contributed by atoms with Crippen molar-refractivity contribution in [3.63, 3.8) is 0 Å². The molecule has 114 valence electrons. The molecule has 1 aromatic rings. The van der Waals surface area contributed by atoms with Crippen molar-refractivity contribution >= 4 is 23.3 Å². The van der Waals surface area contributed by atoms with Gasteiger partial charge in [0.2, 0.25) is 0 Å². The molecule has 1 saturated carbocycles. The molecule has 2 fully saturated rings. The zero-order valence-electron chi connectivity index (χ0n) is 11.8. The molecule has 0 spiro atoms. The molecule has 2 N–H and O–H groups in total. The maximum absolute atomic E-state index is 12.1. The summed E-state index contributed by atoms with van der Waals surface area (Å²) in [5.41, 5.74) is 0.610. The number of hydrogen-bond acceptors (Lipinski definition) is 3. The van der Waals surface area contributed by atoms with E-state index in [1.54, 1.807) is 19.2 Å². The van der Waals surface area contributed by atoms with Crippen LogP contribution in [-0.4, -0.2) is 38.5 Å². The van der Waals surface area contributed by atoms with Crippen molar-refractivity contribution in [1.82, 2.24) is 5.32 Å². The third-order valence-electron chi connectivity index (χ3n) is 4.31. The predicted octanol–water partition coefficient (Wildman–Crippen LogP) is 2.51. The molecule has 2 aliphatic rings. The summed E-state index contributed by atoms with van der Waals surface area (Å²) in [6.45, 7) is 1.36. The minimum Gasteiger partial charge on any atom is -0.384 e. The Morgan fingerprint density at radius 1 is 1.48 bits per heavy atom. The highest BCUT2D eigenvalue weighted by Gasteiger charge is 2.54. The van der Waals surface area contributed by atoms with E-state index >= 15 is 0 Å². The number of hydrogen-bond donors (Lipinski definition) is 2. The number of anilines is 1. The minimum atomic E-state index is -0.237. The second-order valence-corrected chi connectivity index (χ2v) is 5.92. The summed E-state index contributed by atoms with van der Waals surface area (Å²) in [4.78, 5) is 12.1. The van der Waals surface area contributed by atoms with Gasteiger partial charge in [-0.25, -0.2) is 4.79 Å². The number of ether oxygens (including phenoxy) is 2. The predicted molar refractivity (Wildman–Crippen MR) is 80.6 cm³/mol. The molecule has 1 aliphatic carbocycles. The van der Waals surface area contributed by atoms with E-state index in [9.17, 15) is 4.79 Å². The number of nitrogens with one attached hydrogen (secondary N) is 2. The molecule has 3 rings (SSSR count). The Morgan fingerprint density at radius 3 is 3.05 bits per heavy atom. The van der Waals surface area contributed by atoms with Crippen LogP contribution in [0.2, 0.25) is 5.02 Å². The molecule has 6 heteroatoms. The van der Waals surface area contributed by atoms with Crippen LogP contribution in [0.5, 0.6) is 0 Å². The molecule has 4 unspecified atom stereocenters. The molecule has 0 aromatic heterocycles. The van der Waals surface area contributed by atoms with Crippen LogP contribution in [0, 0.1) is 11.8 Å². The fraction of sp³-hybridized carbons (Fsp3) is 0.533. The van der Waals surface area contributed by atoms with Crippen molar-refractivity contribution < 1.29 is 14.3 Å². The molecular formula is C15H19ClN2O3. The normalized spacial score (nSPS) is 30.4. The van der Waals surface area contributed by atoms with Crippen LogP contribution < -0.4 is 10.6 Å². The lowest BCUT2D eigenvalue weighted by atomic mass is 9.67. The number of methoxy groups -OCH3 is 1. The molecule has 21 heavy (non-hydrogen) atoms. The van der Waals surface area contributed by atoms with Crippen molar-refractivity contribution in [3.05, 3.63) is 29.3 Å². The van der Waals surface area contributed by atoms with E-state index in [-0.39, 0.29) is 24.1 Å². The SMILES string of the molecule is COCC1C(NC(=O)Nc2ccccc2Cl)C2CCOC21. The van der Waals surface area contributed by atoms with Gasteiger partial charge in [-0.15, -0.1) is 0 Å². The summed E-state index contributed by atoms with van der Waals surface area (Å²) in [5, 5.41) is 6.34. The van der Waals surface area contributed by atoms with Gasteiger partial charge in [-0.2, -0.15) is 0 Å². The first kappa shape index (κ1) is 14.6. The highest BCUT2D eigenvalue weighted by atomic mass is 35.5. The number of carbonyl (C=O) groups is 1. The fourth-order valence-corrected chi connectivity index (χ4v) is 3.49. The highest BCUT2D eigenvalue weighted by Crippen LogP contribution is 2.43. The average Bonchev–Trinajstić information content (AvgIpc) is 2.89. The van der Waals surface area contributed by atoms with Crippen LogP contribution >= 0.6 is 11.6 Å². The Morgan fingerprint density at radius 2 is 2.29 bits per heavy atom. The van der Waals surface area contributed by atoms with Crippen molar-refractivity contribution in [2.24, 2.45) is 11.8 Å². The number of benzene rings is 1. The zero-order valence-corrected chi connectivity index (χ0v) is 12.6. The Bertz CT molecular complexity index is 525. The second-order valence-electron chi connectivity index (χ2n) is 5.51. The van der Waals surface area contributed by atoms with E-state index in [0.717, 1.165) is 13.0 Å². The monoisotopic (exact) mass is 310 g/mol. The van der Waals surface area contributed by atoms with E-state index in [1.807, 2.05) is 12.1 Å². The average molecular weight is 311 g/mol. The number of carbonyl (C=O) groups excluding carboxylic acids is 1. The lowest BCUT2D eigenvalue weighted by molar-refractivity contribution is -0.0798. The Hall–Kier alpha value is -1.30. The lowest BCUT2D eigenvalue weighted by Crippen LogP contribution is -2.63. The van der Waals surface area contributed by atoms with Gasteiger partial charge < -0.3 is 20.1 Å². The van der Waals surface area contributed by atoms with Gasteiger partial charge in [-0.1, -0.05) is 23.7 Å². The zero-order chi connectivity index (χ0) is 14.8. The molecule has 4 atom stereocenters. The maximum Gasteiger partial charge on any atom is 0.319 e. The van der Waals surface area contributed by atoms with E-state index in [2.05, 4.69) is 10.6 Å². The number of para-hydroxylation sites is 1. The molecule has 0 bridgehead atoms. The summed E-state index contributed by atoms with van der Waals surface area (Å²) in [7, 11) is 1.67. The van der Waals surface area contributed by atoms with Crippen molar-refractivity contribution in [3.8, 4) is 0 Å². The van der Waals surface area contributed by atoms with E-state index in [4.69, 9.17) is 21.1 Å². The third kappa shape index (κ3) is 2.86. The summed E-state index contributed by atoms with van der Waals surface area (Å²) in [6.07, 6.45) is 1.21. The smallest absolute Gasteiger partial charge is 0.319 e. The Balaban J connectivity index is 1.60. The van der Waals surface area contributed by atoms with Gasteiger partial charge in [0.25, 0.3) is 0 Å². The van der Waals surface area contributed by atoms with Crippen molar-refractivity contribution in [1.29, 1.82) is 0 Å². The van der Waals surface area contributed by atoms with Gasteiger partial charge in [-0.05, 0) is 18.6 Å². The minimum absolute atomic E-state index is 0.0972. The molecule has 0 radical (unpaired) electrons. The van der Waals surface area contributed by atoms with Gasteiger partial charge in [0, 0.05) is 31.6 Å². The number of amides is 2. The van der Waals surface area contributed by atoms with Gasteiger partial charge in [-0.3, -0.25) is 0 Å². The summed E-state index contributed by atoms with van der Waals surface area (Å²) in [5.74, 6) is 0.613. The van der Waals surface area contributed by atoms with E-state index in [0.29, 0.717) is 23.2 Å². The van der Waals surface area contributed by atoms with E-state index in [1.165, 1.54) is 0 Å². The van der Waals surface area contributed by atoms with Crippen LogP contribution in [0.25, 0.3) is 0 Å². The fourth-order valence-electron chi connectivity index (χ4n) is 3.31. The number of urea groups is 1. The first-order valence-corrected chi connectivity index (χ1v) is 7.51. The van der Waals surface area contributed by atoms with Gasteiger partial charge in [0.15, 0.2) is 0 Å². The van der Waals surface area contributed by atoms with E-state index < -0.39 is 0 Å². The molecule has 2 amide bonds. The second kappa shape index (κ2) is 6.22. The van der Waals surface area contributed by atoms with Gasteiger partial charge >= 0.3 is 6.03 Å². The topological polar surface area (TPSA) is 59.6 Å². The first-order chi connectivity index (χ1) is 10.2. The van der Waals surface area contributed by atoms with Crippen molar-refractivity contribution in [2.45, 2.75) is 18.6 Å². The molecule has 1 aromatic carbocycles. The largest absolute Gasteiger partial charge is 0.384 e. The number of fused-ring (bicyclic) bond motifs is 1. The first-order valence-electron chi connectivity index (χ1n) is 7.13. The summed E-state index contributed by atoms with van der Waals surface area (Å²) >= 11 is 6.04. The van der Waals surface area contributed by atoms with Crippen molar-refractivity contribution in [2.75, 3.05) is 25.6 Å². The molecule has 1 heterocycles. The third-order valence-corrected chi connectivity index (χ3v) is 4.64.